The first-order valence-corrected chi connectivity index (χ1v) is 14.4. The number of aromatic nitrogens is 2. The van der Waals surface area contributed by atoms with E-state index in [2.05, 4.69) is 72.3 Å². The van der Waals surface area contributed by atoms with Crippen molar-refractivity contribution in [1.82, 2.24) is 19.4 Å². The maximum atomic E-state index is 13.2. The Hall–Kier alpha value is -3.84. The SMILES string of the molecule is CC(C)C[C@@H](COC(=O)N1CCC(n2c(=O)[nH]c3ccccc32)CC1)N(Cc1ccccc1)Cc1ccccc1. The van der Waals surface area contributed by atoms with Crippen LogP contribution in [0.25, 0.3) is 11.0 Å². The Bertz CT molecular complexity index is 1380. The minimum Gasteiger partial charge on any atom is -0.448 e. The lowest BCUT2D eigenvalue weighted by Gasteiger charge is -2.35. The Kier molecular flexibility index (Phi) is 9.01. The van der Waals surface area contributed by atoms with Crippen LogP contribution in [0, 0.1) is 5.92 Å². The molecule has 1 atom stereocenters. The van der Waals surface area contributed by atoms with Crippen LogP contribution < -0.4 is 5.69 Å². The molecule has 3 aromatic carbocycles. The fourth-order valence-corrected chi connectivity index (χ4v) is 5.82. The molecule has 1 saturated heterocycles. The second-order valence-electron chi connectivity index (χ2n) is 11.3. The average Bonchev–Trinajstić information content (AvgIpc) is 3.31. The van der Waals surface area contributed by atoms with Gasteiger partial charge in [-0.15, -0.1) is 0 Å². The molecule has 2 heterocycles. The summed E-state index contributed by atoms with van der Waals surface area (Å²) in [5.41, 5.74) is 4.17. The molecule has 210 valence electrons. The molecule has 4 aromatic rings. The van der Waals surface area contributed by atoms with E-state index in [0.717, 1.165) is 43.4 Å². The first kappa shape index (κ1) is 27.7. The first-order chi connectivity index (χ1) is 19.5. The Morgan fingerprint density at radius 1 is 0.900 bits per heavy atom. The standard InChI is InChI=1S/C33H40N4O3/c1-25(2)21-29(36(22-26-11-5-3-6-12-26)23-27-13-7-4-8-14-27)24-40-33(39)35-19-17-28(18-20-35)37-31-16-10-9-15-30(31)34-32(37)38/h3-16,25,28-29H,17-24H2,1-2H3,(H,34,38)/t29-/m0/s1. The largest absolute Gasteiger partial charge is 0.448 e. The fourth-order valence-electron chi connectivity index (χ4n) is 5.82. The Balaban J connectivity index is 1.23. The van der Waals surface area contributed by atoms with Crippen LogP contribution in [0.15, 0.2) is 89.7 Å². The van der Waals surface area contributed by atoms with Crippen LogP contribution >= 0.6 is 0 Å². The maximum absolute atomic E-state index is 13.2. The van der Waals surface area contributed by atoms with Crippen LogP contribution in [0.2, 0.25) is 0 Å². The van der Waals surface area contributed by atoms with Crippen molar-refractivity contribution >= 4 is 17.1 Å². The average molecular weight is 541 g/mol. The van der Waals surface area contributed by atoms with E-state index in [9.17, 15) is 9.59 Å². The summed E-state index contributed by atoms with van der Waals surface area (Å²) in [6.07, 6.45) is 2.11. The van der Waals surface area contributed by atoms with Gasteiger partial charge in [0, 0.05) is 38.3 Å². The minimum atomic E-state index is -0.266. The predicted molar refractivity (Wildman–Crippen MR) is 159 cm³/mol. The van der Waals surface area contributed by atoms with Gasteiger partial charge in [-0.2, -0.15) is 0 Å². The number of fused-ring (bicyclic) bond motifs is 1. The number of nitrogens with zero attached hydrogens (tertiary/aromatic N) is 3. The van der Waals surface area contributed by atoms with Gasteiger partial charge in [0.1, 0.15) is 6.61 Å². The lowest BCUT2D eigenvalue weighted by atomic mass is 10.0. The first-order valence-electron chi connectivity index (χ1n) is 14.4. The van der Waals surface area contributed by atoms with Gasteiger partial charge in [0.25, 0.3) is 0 Å². The van der Waals surface area contributed by atoms with E-state index in [1.165, 1.54) is 11.1 Å². The molecule has 1 amide bonds. The molecule has 1 aromatic heterocycles. The topological polar surface area (TPSA) is 70.6 Å². The third kappa shape index (κ3) is 6.83. The molecular formula is C33H40N4O3. The van der Waals surface area contributed by atoms with Gasteiger partial charge in [-0.25, -0.2) is 9.59 Å². The number of carbonyl (C=O) groups excluding carboxylic acids is 1. The van der Waals surface area contributed by atoms with Crippen molar-refractivity contribution in [2.24, 2.45) is 5.92 Å². The van der Waals surface area contributed by atoms with Crippen molar-refractivity contribution in [2.75, 3.05) is 19.7 Å². The molecule has 5 rings (SSSR count). The third-order valence-corrected chi connectivity index (χ3v) is 7.83. The Morgan fingerprint density at radius 2 is 1.48 bits per heavy atom. The number of imidazole rings is 1. The quantitative estimate of drug-likeness (QED) is 0.259. The number of carbonyl (C=O) groups is 1. The lowest BCUT2D eigenvalue weighted by molar-refractivity contribution is 0.0453. The monoisotopic (exact) mass is 540 g/mol. The van der Waals surface area contributed by atoms with Crippen LogP contribution in [0.1, 0.15) is 50.3 Å². The van der Waals surface area contributed by atoms with E-state index in [0.29, 0.717) is 25.6 Å². The number of piperidine rings is 1. The second kappa shape index (κ2) is 13.0. The van der Waals surface area contributed by atoms with Crippen molar-refractivity contribution in [2.45, 2.75) is 58.3 Å². The number of aromatic amines is 1. The summed E-state index contributed by atoms with van der Waals surface area (Å²) in [5, 5.41) is 0. The molecule has 0 unspecified atom stereocenters. The Morgan fingerprint density at radius 3 is 2.08 bits per heavy atom. The molecule has 1 N–H and O–H groups in total. The number of H-pyrrole nitrogens is 1. The fraction of sp³-hybridized carbons (Fsp3) is 0.394. The molecular weight excluding hydrogens is 500 g/mol. The lowest BCUT2D eigenvalue weighted by Crippen LogP contribution is -2.44. The smallest absolute Gasteiger partial charge is 0.409 e. The highest BCUT2D eigenvalue weighted by atomic mass is 16.6. The van der Waals surface area contributed by atoms with Gasteiger partial charge in [0.2, 0.25) is 0 Å². The van der Waals surface area contributed by atoms with E-state index in [1.807, 2.05) is 41.0 Å². The number of nitrogens with one attached hydrogen (secondary N) is 1. The van der Waals surface area contributed by atoms with E-state index < -0.39 is 0 Å². The molecule has 7 heteroatoms. The van der Waals surface area contributed by atoms with E-state index >= 15 is 0 Å². The highest BCUT2D eigenvalue weighted by molar-refractivity contribution is 5.75. The predicted octanol–water partition coefficient (Wildman–Crippen LogP) is 6.22. The summed E-state index contributed by atoms with van der Waals surface area (Å²) in [6.45, 7) is 7.50. The number of benzene rings is 3. The zero-order chi connectivity index (χ0) is 27.9. The number of likely N-dealkylation sites (tertiary alicyclic amines) is 1. The maximum Gasteiger partial charge on any atom is 0.409 e. The molecule has 0 saturated carbocycles. The zero-order valence-corrected chi connectivity index (χ0v) is 23.5. The Labute approximate surface area is 236 Å². The molecule has 40 heavy (non-hydrogen) atoms. The van der Waals surface area contributed by atoms with Gasteiger partial charge in [0.05, 0.1) is 11.0 Å². The summed E-state index contributed by atoms with van der Waals surface area (Å²) in [4.78, 5) is 33.0. The number of ether oxygens (including phenoxy) is 1. The van der Waals surface area contributed by atoms with Crippen LogP contribution in [-0.2, 0) is 17.8 Å². The van der Waals surface area contributed by atoms with Gasteiger partial charge in [-0.3, -0.25) is 9.47 Å². The normalized spacial score (nSPS) is 15.2. The van der Waals surface area contributed by atoms with Crippen molar-refractivity contribution < 1.29 is 9.53 Å². The molecule has 0 radical (unpaired) electrons. The van der Waals surface area contributed by atoms with Gasteiger partial charge >= 0.3 is 11.8 Å². The second-order valence-corrected chi connectivity index (χ2v) is 11.3. The van der Waals surface area contributed by atoms with E-state index in [1.54, 1.807) is 4.90 Å². The van der Waals surface area contributed by atoms with Gasteiger partial charge < -0.3 is 14.6 Å². The number of para-hydroxylation sites is 2. The van der Waals surface area contributed by atoms with Crippen molar-refractivity contribution in [3.63, 3.8) is 0 Å². The number of amides is 1. The summed E-state index contributed by atoms with van der Waals surface area (Å²) < 4.78 is 7.84. The molecule has 1 aliphatic heterocycles. The van der Waals surface area contributed by atoms with Gasteiger partial charge in [0.15, 0.2) is 0 Å². The van der Waals surface area contributed by atoms with Crippen molar-refractivity contribution in [3.8, 4) is 0 Å². The summed E-state index contributed by atoms with van der Waals surface area (Å²) >= 11 is 0. The molecule has 1 fully saturated rings. The summed E-state index contributed by atoms with van der Waals surface area (Å²) in [6, 6.07) is 28.9. The highest BCUT2D eigenvalue weighted by Gasteiger charge is 2.28. The van der Waals surface area contributed by atoms with E-state index in [4.69, 9.17) is 4.74 Å². The van der Waals surface area contributed by atoms with E-state index in [-0.39, 0.29) is 23.9 Å². The third-order valence-electron chi connectivity index (χ3n) is 7.83. The number of hydrogen-bond acceptors (Lipinski definition) is 4. The van der Waals surface area contributed by atoms with Crippen LogP contribution in [-0.4, -0.2) is 51.2 Å². The van der Waals surface area contributed by atoms with Crippen LogP contribution in [0.3, 0.4) is 0 Å². The highest BCUT2D eigenvalue weighted by Crippen LogP contribution is 2.26. The molecule has 7 nitrogen and oxygen atoms in total. The minimum absolute atomic E-state index is 0.0635. The number of hydrogen-bond donors (Lipinski definition) is 1. The van der Waals surface area contributed by atoms with Crippen molar-refractivity contribution in [1.29, 1.82) is 0 Å². The number of rotatable bonds is 10. The molecule has 0 spiro atoms. The zero-order valence-electron chi connectivity index (χ0n) is 23.5. The summed E-state index contributed by atoms with van der Waals surface area (Å²) in [7, 11) is 0. The van der Waals surface area contributed by atoms with Gasteiger partial charge in [-0.1, -0.05) is 86.6 Å². The summed E-state index contributed by atoms with van der Waals surface area (Å²) in [5.74, 6) is 0.461. The molecule has 0 bridgehead atoms. The van der Waals surface area contributed by atoms with Crippen LogP contribution in [0.4, 0.5) is 4.79 Å². The van der Waals surface area contributed by atoms with Crippen LogP contribution in [0.5, 0.6) is 0 Å². The van der Waals surface area contributed by atoms with Gasteiger partial charge in [-0.05, 0) is 48.4 Å². The molecule has 0 aliphatic carbocycles. The molecule has 1 aliphatic rings. The van der Waals surface area contributed by atoms with Crippen molar-refractivity contribution in [3.05, 3.63) is 107 Å².